The fraction of sp³-hybridized carbons (Fsp3) is 0.259. The Hall–Kier alpha value is -3.85. The van der Waals surface area contributed by atoms with Gasteiger partial charge in [-0.05, 0) is 42.5 Å². The lowest BCUT2D eigenvalue weighted by Crippen LogP contribution is -2.48. The fourth-order valence-electron chi connectivity index (χ4n) is 3.94. The van der Waals surface area contributed by atoms with E-state index in [1.165, 1.54) is 12.1 Å². The molecule has 0 spiro atoms. The van der Waals surface area contributed by atoms with E-state index in [0.29, 0.717) is 12.3 Å². The Morgan fingerprint density at radius 3 is 2.19 bits per heavy atom. The molecule has 3 aromatic rings. The van der Waals surface area contributed by atoms with Crippen LogP contribution in [0.1, 0.15) is 21.5 Å². The van der Waals surface area contributed by atoms with E-state index >= 15 is 0 Å². The summed E-state index contributed by atoms with van der Waals surface area (Å²) in [6.45, 7) is 3.56. The van der Waals surface area contributed by atoms with Gasteiger partial charge in [0.2, 0.25) is 0 Å². The summed E-state index contributed by atoms with van der Waals surface area (Å²) in [5, 5.41) is 4.07. The number of anilines is 1. The van der Waals surface area contributed by atoms with Gasteiger partial charge in [0.25, 0.3) is 0 Å². The average Bonchev–Trinajstić information content (AvgIpc) is 2.91. The molecule has 0 radical (unpaired) electrons. The zero-order chi connectivity index (χ0) is 25.5. The Labute approximate surface area is 207 Å². The van der Waals surface area contributed by atoms with E-state index in [1.54, 1.807) is 7.11 Å². The van der Waals surface area contributed by atoms with Gasteiger partial charge in [0.05, 0.1) is 18.2 Å². The summed E-state index contributed by atoms with van der Waals surface area (Å²) in [5.74, 6) is -0.139. The number of alkyl halides is 3. The number of oxime groups is 1. The molecule has 1 heterocycles. The smallest absolute Gasteiger partial charge is 0.416 e. The van der Waals surface area contributed by atoms with Gasteiger partial charge in [0.15, 0.2) is 0 Å². The van der Waals surface area contributed by atoms with E-state index in [-0.39, 0.29) is 5.56 Å². The molecule has 0 N–H and O–H groups in total. The van der Waals surface area contributed by atoms with E-state index in [2.05, 4.69) is 15.0 Å². The van der Waals surface area contributed by atoms with Gasteiger partial charge in [0.1, 0.15) is 11.5 Å². The van der Waals surface area contributed by atoms with Crippen LogP contribution in [0.2, 0.25) is 0 Å². The van der Waals surface area contributed by atoms with Crippen LogP contribution in [0.4, 0.5) is 18.9 Å². The van der Waals surface area contributed by atoms with Crippen LogP contribution in [0.15, 0.2) is 84.0 Å². The summed E-state index contributed by atoms with van der Waals surface area (Å²) in [6.07, 6.45) is -4.55. The fourth-order valence-corrected chi connectivity index (χ4v) is 3.94. The van der Waals surface area contributed by atoms with Crippen molar-refractivity contribution >= 4 is 17.4 Å². The zero-order valence-electron chi connectivity index (χ0n) is 19.7. The Kier molecular flexibility index (Phi) is 7.90. The molecule has 0 atom stereocenters. The Bertz CT molecular complexity index is 1190. The maximum absolute atomic E-state index is 13.0. The SMILES string of the molecule is COc1ccc(N2CCN(C/C(=N\OC(=O)c3cccc(C(F)(F)F)c3)c3ccccc3)CC2)cc1. The molecular formula is C27H26F3N3O3. The van der Waals surface area contributed by atoms with Crippen molar-refractivity contribution < 1.29 is 27.5 Å². The van der Waals surface area contributed by atoms with E-state index < -0.39 is 17.7 Å². The molecule has 0 aromatic heterocycles. The maximum atomic E-state index is 13.0. The van der Waals surface area contributed by atoms with Crippen molar-refractivity contribution in [3.05, 3.63) is 95.6 Å². The van der Waals surface area contributed by atoms with Crippen LogP contribution in [-0.4, -0.2) is 56.4 Å². The second-order valence-electron chi connectivity index (χ2n) is 8.32. The first-order chi connectivity index (χ1) is 17.3. The predicted octanol–water partition coefficient (Wildman–Crippen LogP) is 5.10. The van der Waals surface area contributed by atoms with Crippen molar-refractivity contribution in [3.63, 3.8) is 0 Å². The zero-order valence-corrected chi connectivity index (χ0v) is 19.7. The van der Waals surface area contributed by atoms with Crippen LogP contribution >= 0.6 is 0 Å². The van der Waals surface area contributed by atoms with Crippen molar-refractivity contribution in [1.29, 1.82) is 0 Å². The molecular weight excluding hydrogens is 471 g/mol. The van der Waals surface area contributed by atoms with Crippen LogP contribution in [0, 0.1) is 0 Å². The minimum absolute atomic E-state index is 0.214. The number of carbonyl (C=O) groups excluding carboxylic acids is 1. The van der Waals surface area contributed by atoms with Crippen molar-refractivity contribution in [3.8, 4) is 5.75 Å². The van der Waals surface area contributed by atoms with Crippen LogP contribution in [0.25, 0.3) is 0 Å². The molecule has 0 amide bonds. The van der Waals surface area contributed by atoms with Gasteiger partial charge in [-0.1, -0.05) is 41.6 Å². The van der Waals surface area contributed by atoms with E-state index in [1.807, 2.05) is 54.6 Å². The van der Waals surface area contributed by atoms with E-state index in [9.17, 15) is 18.0 Å². The Balaban J connectivity index is 1.43. The number of rotatable bonds is 7. The molecule has 1 saturated heterocycles. The second-order valence-corrected chi connectivity index (χ2v) is 8.32. The minimum Gasteiger partial charge on any atom is -0.497 e. The Morgan fingerprint density at radius 1 is 0.889 bits per heavy atom. The molecule has 1 aliphatic heterocycles. The maximum Gasteiger partial charge on any atom is 0.416 e. The number of halogens is 3. The molecule has 3 aromatic carbocycles. The lowest BCUT2D eigenvalue weighted by atomic mass is 10.1. The Morgan fingerprint density at radius 2 is 1.56 bits per heavy atom. The number of hydrogen-bond donors (Lipinski definition) is 0. The highest BCUT2D eigenvalue weighted by Crippen LogP contribution is 2.29. The van der Waals surface area contributed by atoms with Crippen molar-refractivity contribution in [1.82, 2.24) is 4.90 Å². The summed E-state index contributed by atoms with van der Waals surface area (Å²) in [4.78, 5) is 22.0. The van der Waals surface area contributed by atoms with Crippen molar-refractivity contribution in [2.45, 2.75) is 6.18 Å². The third-order valence-corrected chi connectivity index (χ3v) is 5.95. The molecule has 0 unspecified atom stereocenters. The largest absolute Gasteiger partial charge is 0.497 e. The van der Waals surface area contributed by atoms with Crippen molar-refractivity contribution in [2.24, 2.45) is 5.16 Å². The number of ether oxygens (including phenoxy) is 1. The first-order valence-corrected chi connectivity index (χ1v) is 11.5. The van der Waals surface area contributed by atoms with Gasteiger partial charge in [0, 0.05) is 44.0 Å². The first-order valence-electron chi connectivity index (χ1n) is 11.5. The molecule has 0 aliphatic carbocycles. The third kappa shape index (κ3) is 6.42. The standard InChI is InChI=1S/C27H26F3N3O3/c1-35-24-12-10-23(11-13-24)33-16-14-32(15-17-33)19-25(20-6-3-2-4-7-20)31-36-26(34)21-8-5-9-22(18-21)27(28,29)30/h2-13,18H,14-17,19H2,1H3/b31-25+. The quantitative estimate of drug-likeness (QED) is 0.258. The van der Waals surface area contributed by atoms with E-state index in [0.717, 1.165) is 55.3 Å². The highest BCUT2D eigenvalue weighted by molar-refractivity contribution is 6.02. The van der Waals surface area contributed by atoms with Gasteiger partial charge in [-0.3, -0.25) is 4.90 Å². The summed E-state index contributed by atoms with van der Waals surface area (Å²) in [6, 6.07) is 21.3. The normalized spacial score (nSPS) is 15.0. The molecule has 9 heteroatoms. The lowest BCUT2D eigenvalue weighted by Gasteiger charge is -2.36. The summed E-state index contributed by atoms with van der Waals surface area (Å²) in [7, 11) is 1.64. The van der Waals surface area contributed by atoms with Crippen LogP contribution in [-0.2, 0) is 11.0 Å². The van der Waals surface area contributed by atoms with Gasteiger partial charge >= 0.3 is 12.1 Å². The number of nitrogens with zero attached hydrogens (tertiary/aromatic N) is 3. The molecule has 1 fully saturated rings. The molecule has 0 saturated carbocycles. The number of carbonyl (C=O) groups is 1. The highest BCUT2D eigenvalue weighted by Gasteiger charge is 2.31. The number of hydrogen-bond acceptors (Lipinski definition) is 6. The molecule has 4 rings (SSSR count). The second kappa shape index (κ2) is 11.3. The molecule has 1 aliphatic rings. The number of methoxy groups -OCH3 is 1. The summed E-state index contributed by atoms with van der Waals surface area (Å²) in [5.41, 5.74) is 1.27. The summed E-state index contributed by atoms with van der Waals surface area (Å²) < 4.78 is 44.2. The number of benzene rings is 3. The van der Waals surface area contributed by atoms with Gasteiger partial charge in [-0.25, -0.2) is 4.79 Å². The van der Waals surface area contributed by atoms with Crippen LogP contribution in [0.5, 0.6) is 5.75 Å². The van der Waals surface area contributed by atoms with Crippen LogP contribution in [0.3, 0.4) is 0 Å². The van der Waals surface area contributed by atoms with E-state index in [4.69, 9.17) is 9.57 Å². The first kappa shape index (κ1) is 25.2. The average molecular weight is 498 g/mol. The minimum atomic E-state index is -4.55. The van der Waals surface area contributed by atoms with Crippen LogP contribution < -0.4 is 9.64 Å². The molecule has 6 nitrogen and oxygen atoms in total. The van der Waals surface area contributed by atoms with Gasteiger partial charge in [-0.15, -0.1) is 0 Å². The summed E-state index contributed by atoms with van der Waals surface area (Å²) >= 11 is 0. The highest BCUT2D eigenvalue weighted by atomic mass is 19.4. The lowest BCUT2D eigenvalue weighted by molar-refractivity contribution is -0.137. The predicted molar refractivity (Wildman–Crippen MR) is 131 cm³/mol. The topological polar surface area (TPSA) is 54.4 Å². The van der Waals surface area contributed by atoms with Gasteiger partial charge in [-0.2, -0.15) is 13.2 Å². The van der Waals surface area contributed by atoms with Crippen molar-refractivity contribution in [2.75, 3.05) is 44.7 Å². The molecule has 36 heavy (non-hydrogen) atoms. The number of piperazine rings is 1. The molecule has 188 valence electrons. The monoisotopic (exact) mass is 497 g/mol. The molecule has 0 bridgehead atoms. The third-order valence-electron chi connectivity index (χ3n) is 5.95. The van der Waals surface area contributed by atoms with Gasteiger partial charge < -0.3 is 14.5 Å².